The largest absolute Gasteiger partial charge is 0.454 e. The molecule has 0 saturated carbocycles. The van der Waals surface area contributed by atoms with E-state index in [0.717, 1.165) is 16.4 Å². The number of aromatic nitrogens is 4. The lowest BCUT2D eigenvalue weighted by molar-refractivity contribution is 0.174. The number of nitrogens with zero attached hydrogens (tertiary/aromatic N) is 3. The maximum absolute atomic E-state index is 5.76. The number of hydrogen-bond acceptors (Lipinski definition) is 7. The van der Waals surface area contributed by atoms with Crippen molar-refractivity contribution in [3.8, 4) is 11.5 Å². The van der Waals surface area contributed by atoms with Gasteiger partial charge in [-0.05, 0) is 18.2 Å². The molecule has 0 saturated heterocycles. The molecule has 3 N–H and O–H groups in total. The third kappa shape index (κ3) is 1.81. The second-order valence-electron chi connectivity index (χ2n) is 4.12. The molecule has 0 radical (unpaired) electrons. The number of fused-ring (bicyclic) bond motifs is 2. The van der Waals surface area contributed by atoms with Gasteiger partial charge in [-0.15, -0.1) is 0 Å². The van der Waals surface area contributed by atoms with Crippen LogP contribution in [-0.4, -0.2) is 26.7 Å². The van der Waals surface area contributed by atoms with E-state index in [1.807, 2.05) is 18.2 Å². The zero-order valence-electron chi connectivity index (χ0n) is 10.2. The van der Waals surface area contributed by atoms with Crippen LogP contribution < -0.4 is 15.2 Å². The molecule has 0 atom stereocenters. The lowest BCUT2D eigenvalue weighted by atomic mass is 10.3. The second-order valence-corrected chi connectivity index (χ2v) is 5.18. The Bertz CT molecular complexity index is 804. The maximum atomic E-state index is 5.76. The zero-order chi connectivity index (χ0) is 13.5. The number of imidazole rings is 1. The molecule has 8 heteroatoms. The van der Waals surface area contributed by atoms with Gasteiger partial charge in [0, 0.05) is 4.90 Å². The summed E-state index contributed by atoms with van der Waals surface area (Å²) in [6, 6.07) is 5.73. The van der Waals surface area contributed by atoms with Crippen LogP contribution in [0.4, 0.5) is 5.82 Å². The molecule has 0 aliphatic carbocycles. The zero-order valence-corrected chi connectivity index (χ0v) is 11.0. The van der Waals surface area contributed by atoms with Crippen molar-refractivity contribution in [1.29, 1.82) is 0 Å². The number of benzene rings is 1. The molecule has 100 valence electrons. The molecule has 3 heterocycles. The summed E-state index contributed by atoms with van der Waals surface area (Å²) in [5, 5.41) is 0.700. The van der Waals surface area contributed by atoms with Crippen LogP contribution in [0.25, 0.3) is 11.2 Å². The van der Waals surface area contributed by atoms with Crippen LogP contribution in [0.1, 0.15) is 0 Å². The molecule has 0 amide bonds. The molecule has 0 bridgehead atoms. The summed E-state index contributed by atoms with van der Waals surface area (Å²) >= 11 is 1.46. The Morgan fingerprint density at radius 2 is 2.10 bits per heavy atom. The summed E-state index contributed by atoms with van der Waals surface area (Å²) in [6.45, 7) is 0.264. The van der Waals surface area contributed by atoms with Crippen molar-refractivity contribution in [3.05, 3.63) is 24.5 Å². The number of aromatic amines is 1. The quantitative estimate of drug-likeness (QED) is 0.741. The third-order valence-corrected chi connectivity index (χ3v) is 3.72. The lowest BCUT2D eigenvalue weighted by Gasteiger charge is -1.99. The number of nitrogens with two attached hydrogens (primary N) is 1. The van der Waals surface area contributed by atoms with Crippen molar-refractivity contribution in [2.45, 2.75) is 10.1 Å². The molecule has 1 aliphatic heterocycles. The summed E-state index contributed by atoms with van der Waals surface area (Å²) in [6.07, 6.45) is 1.41. The highest BCUT2D eigenvalue weighted by Gasteiger charge is 2.15. The van der Waals surface area contributed by atoms with Gasteiger partial charge in [0.15, 0.2) is 33.6 Å². The maximum Gasteiger partial charge on any atom is 0.231 e. The van der Waals surface area contributed by atoms with Gasteiger partial charge >= 0.3 is 0 Å². The van der Waals surface area contributed by atoms with Gasteiger partial charge in [0.25, 0.3) is 0 Å². The van der Waals surface area contributed by atoms with Crippen molar-refractivity contribution in [1.82, 2.24) is 19.9 Å². The number of rotatable bonds is 2. The van der Waals surface area contributed by atoms with Gasteiger partial charge in [-0.25, -0.2) is 15.0 Å². The Balaban J connectivity index is 1.69. The van der Waals surface area contributed by atoms with Gasteiger partial charge in [-0.1, -0.05) is 11.8 Å². The van der Waals surface area contributed by atoms with Gasteiger partial charge in [-0.2, -0.15) is 0 Å². The normalized spacial score (nSPS) is 13.0. The molecule has 1 aliphatic rings. The van der Waals surface area contributed by atoms with Crippen LogP contribution in [0.5, 0.6) is 11.5 Å². The summed E-state index contributed by atoms with van der Waals surface area (Å²) in [5.41, 5.74) is 6.96. The van der Waals surface area contributed by atoms with Crippen molar-refractivity contribution < 1.29 is 9.47 Å². The van der Waals surface area contributed by atoms with Gasteiger partial charge in [0.1, 0.15) is 6.33 Å². The number of nitrogen functional groups attached to an aromatic ring is 1. The number of anilines is 1. The molecule has 3 aromatic rings. The molecule has 0 spiro atoms. The monoisotopic (exact) mass is 287 g/mol. The number of ether oxygens (including phenoxy) is 2. The molecule has 4 rings (SSSR count). The molecule has 7 nitrogen and oxygen atoms in total. The van der Waals surface area contributed by atoms with Crippen LogP contribution in [0, 0.1) is 0 Å². The van der Waals surface area contributed by atoms with Gasteiger partial charge in [0.2, 0.25) is 6.79 Å². The molecular weight excluding hydrogens is 278 g/mol. The van der Waals surface area contributed by atoms with E-state index >= 15 is 0 Å². The van der Waals surface area contributed by atoms with E-state index in [1.54, 1.807) is 0 Å². The van der Waals surface area contributed by atoms with Crippen LogP contribution in [0.2, 0.25) is 0 Å². The highest BCUT2D eigenvalue weighted by atomic mass is 32.2. The smallest absolute Gasteiger partial charge is 0.231 e. The van der Waals surface area contributed by atoms with Crippen molar-refractivity contribution in [2.75, 3.05) is 12.5 Å². The molecule has 0 unspecified atom stereocenters. The van der Waals surface area contributed by atoms with Crippen LogP contribution in [0.15, 0.2) is 34.6 Å². The standard InChI is InChI=1S/C12H9N5O2S/c13-10-9-11(15-4-14-10)17-12(16-9)20-6-1-2-7-8(3-6)19-5-18-7/h1-4H,5H2,(H3,13,14,15,16,17). The van der Waals surface area contributed by atoms with E-state index < -0.39 is 0 Å². The van der Waals surface area contributed by atoms with E-state index in [0.29, 0.717) is 22.1 Å². The fourth-order valence-electron chi connectivity index (χ4n) is 1.93. The first-order chi connectivity index (χ1) is 9.79. The van der Waals surface area contributed by atoms with Gasteiger partial charge < -0.3 is 20.2 Å². The third-order valence-electron chi connectivity index (χ3n) is 2.85. The van der Waals surface area contributed by atoms with E-state index in [2.05, 4.69) is 19.9 Å². The van der Waals surface area contributed by atoms with E-state index in [9.17, 15) is 0 Å². The molecular formula is C12H9N5O2S. The topological polar surface area (TPSA) is 98.9 Å². The Morgan fingerprint density at radius 1 is 1.20 bits per heavy atom. The minimum absolute atomic E-state index is 0.264. The fraction of sp³-hybridized carbons (Fsp3) is 0.0833. The number of nitrogens with one attached hydrogen (secondary N) is 1. The predicted molar refractivity (Wildman–Crippen MR) is 72.8 cm³/mol. The van der Waals surface area contributed by atoms with E-state index in [4.69, 9.17) is 15.2 Å². The van der Waals surface area contributed by atoms with Gasteiger partial charge in [-0.3, -0.25) is 0 Å². The Hall–Kier alpha value is -2.48. The SMILES string of the molecule is Nc1ncnc2[nH]c(Sc3ccc4c(c3)OCO4)nc12. The minimum atomic E-state index is 0.264. The highest BCUT2D eigenvalue weighted by Crippen LogP contribution is 2.37. The molecule has 1 aromatic carbocycles. The average Bonchev–Trinajstić information content (AvgIpc) is 3.05. The summed E-state index contributed by atoms with van der Waals surface area (Å²) in [7, 11) is 0. The molecule has 20 heavy (non-hydrogen) atoms. The summed E-state index contributed by atoms with van der Waals surface area (Å²) in [4.78, 5) is 16.5. The first-order valence-corrected chi connectivity index (χ1v) is 6.65. The molecule has 2 aromatic heterocycles. The minimum Gasteiger partial charge on any atom is -0.454 e. The predicted octanol–water partition coefficient (Wildman–Crippen LogP) is 1.81. The molecule has 0 fully saturated rings. The first-order valence-electron chi connectivity index (χ1n) is 5.83. The van der Waals surface area contributed by atoms with E-state index in [-0.39, 0.29) is 6.79 Å². The Labute approximate surface area is 117 Å². The van der Waals surface area contributed by atoms with Crippen molar-refractivity contribution >= 4 is 28.7 Å². The van der Waals surface area contributed by atoms with Crippen molar-refractivity contribution in [2.24, 2.45) is 0 Å². The average molecular weight is 287 g/mol. The van der Waals surface area contributed by atoms with Crippen molar-refractivity contribution in [3.63, 3.8) is 0 Å². The summed E-state index contributed by atoms with van der Waals surface area (Å²) in [5.74, 6) is 1.86. The second kappa shape index (κ2) is 4.27. The Kier molecular flexibility index (Phi) is 2.43. The van der Waals surface area contributed by atoms with Crippen LogP contribution in [0.3, 0.4) is 0 Å². The van der Waals surface area contributed by atoms with Gasteiger partial charge in [0.05, 0.1) is 0 Å². The highest BCUT2D eigenvalue weighted by molar-refractivity contribution is 7.99. The van der Waals surface area contributed by atoms with Crippen LogP contribution in [-0.2, 0) is 0 Å². The lowest BCUT2D eigenvalue weighted by Crippen LogP contribution is -1.92. The fourth-order valence-corrected chi connectivity index (χ4v) is 2.74. The summed E-state index contributed by atoms with van der Waals surface area (Å²) < 4.78 is 10.6. The van der Waals surface area contributed by atoms with Crippen LogP contribution >= 0.6 is 11.8 Å². The number of H-pyrrole nitrogens is 1. The van der Waals surface area contributed by atoms with E-state index in [1.165, 1.54) is 18.1 Å². The first kappa shape index (κ1) is 11.4. The number of hydrogen-bond donors (Lipinski definition) is 2. The Morgan fingerprint density at radius 3 is 3.00 bits per heavy atom.